The average Bonchev–Trinajstić information content (AvgIpc) is 2.68. The molecule has 2 amide bonds. The molecule has 0 unspecified atom stereocenters. The summed E-state index contributed by atoms with van der Waals surface area (Å²) in [6.07, 6.45) is 3.13. The molecule has 2 heterocycles. The number of aromatic nitrogens is 2. The van der Waals surface area contributed by atoms with Crippen LogP contribution < -0.4 is 10.6 Å². The number of carbonyl (C=O) groups excluding carboxylic acids is 2. The third-order valence-corrected chi connectivity index (χ3v) is 3.96. The number of benzene rings is 1. The van der Waals surface area contributed by atoms with Crippen molar-refractivity contribution in [2.75, 3.05) is 10.6 Å². The van der Waals surface area contributed by atoms with Crippen LogP contribution in [0.25, 0.3) is 0 Å². The van der Waals surface area contributed by atoms with Crippen LogP contribution in [0.2, 0.25) is 0 Å². The second kappa shape index (κ2) is 7.57. The third kappa shape index (κ3) is 3.75. The van der Waals surface area contributed by atoms with Crippen molar-refractivity contribution in [2.45, 2.75) is 13.8 Å². The fourth-order valence-corrected chi connectivity index (χ4v) is 2.53. The molecule has 6 nitrogen and oxygen atoms in total. The Labute approximate surface area is 151 Å². The molecule has 130 valence electrons. The number of pyridine rings is 2. The number of amides is 2. The fourth-order valence-electron chi connectivity index (χ4n) is 2.53. The lowest BCUT2D eigenvalue weighted by Crippen LogP contribution is -2.17. The summed E-state index contributed by atoms with van der Waals surface area (Å²) in [5.74, 6) is -0.607. The van der Waals surface area contributed by atoms with Crippen molar-refractivity contribution in [3.63, 3.8) is 0 Å². The Morgan fingerprint density at radius 3 is 1.88 bits per heavy atom. The fraction of sp³-hybridized carbons (Fsp3) is 0.100. The minimum absolute atomic E-state index is 0.301. The summed E-state index contributed by atoms with van der Waals surface area (Å²) in [4.78, 5) is 32.8. The number of hydrogen-bond acceptors (Lipinski definition) is 4. The van der Waals surface area contributed by atoms with Crippen LogP contribution in [0.1, 0.15) is 32.1 Å². The first-order valence-electron chi connectivity index (χ1n) is 8.11. The maximum absolute atomic E-state index is 12.4. The van der Waals surface area contributed by atoms with E-state index < -0.39 is 0 Å². The quantitative estimate of drug-likeness (QED) is 0.756. The number of anilines is 2. The van der Waals surface area contributed by atoms with E-state index in [0.717, 1.165) is 11.1 Å². The molecule has 0 atom stereocenters. The molecular weight excluding hydrogens is 328 g/mol. The van der Waals surface area contributed by atoms with Gasteiger partial charge in [-0.15, -0.1) is 0 Å². The third-order valence-electron chi connectivity index (χ3n) is 3.96. The highest BCUT2D eigenvalue weighted by Gasteiger charge is 2.15. The van der Waals surface area contributed by atoms with E-state index in [-0.39, 0.29) is 11.8 Å². The van der Waals surface area contributed by atoms with Crippen LogP contribution in [-0.2, 0) is 0 Å². The van der Waals surface area contributed by atoms with Gasteiger partial charge in [0.05, 0.1) is 0 Å². The van der Waals surface area contributed by atoms with Crippen LogP contribution in [0, 0.1) is 13.8 Å². The molecule has 26 heavy (non-hydrogen) atoms. The van der Waals surface area contributed by atoms with Gasteiger partial charge in [0.2, 0.25) is 0 Å². The predicted octanol–water partition coefficient (Wildman–Crippen LogP) is 3.60. The Balaban J connectivity index is 1.85. The van der Waals surface area contributed by atoms with Crippen LogP contribution in [0.3, 0.4) is 0 Å². The molecule has 0 aliphatic rings. The van der Waals surface area contributed by atoms with E-state index in [4.69, 9.17) is 0 Å². The van der Waals surface area contributed by atoms with Gasteiger partial charge in [-0.05, 0) is 55.3 Å². The molecule has 3 rings (SSSR count). The molecule has 0 aliphatic carbocycles. The number of hydrogen-bond donors (Lipinski definition) is 2. The predicted molar refractivity (Wildman–Crippen MR) is 100 cm³/mol. The first kappa shape index (κ1) is 17.3. The number of nitrogens with one attached hydrogen (secondary N) is 2. The van der Waals surface area contributed by atoms with Gasteiger partial charge in [-0.3, -0.25) is 19.6 Å². The molecule has 0 saturated carbocycles. The summed E-state index contributed by atoms with van der Waals surface area (Å²) in [7, 11) is 0. The van der Waals surface area contributed by atoms with E-state index in [1.807, 2.05) is 26.0 Å². The van der Waals surface area contributed by atoms with Crippen LogP contribution in [-0.4, -0.2) is 21.8 Å². The van der Waals surface area contributed by atoms with Crippen LogP contribution in [0.4, 0.5) is 11.4 Å². The zero-order valence-electron chi connectivity index (χ0n) is 14.5. The van der Waals surface area contributed by atoms with E-state index in [2.05, 4.69) is 20.6 Å². The van der Waals surface area contributed by atoms with Crippen molar-refractivity contribution in [1.29, 1.82) is 0 Å². The number of carbonyl (C=O) groups is 2. The first-order valence-corrected chi connectivity index (χ1v) is 8.11. The van der Waals surface area contributed by atoms with Crippen molar-refractivity contribution in [1.82, 2.24) is 9.97 Å². The number of aryl methyl sites for hydroxylation is 1. The molecule has 6 heteroatoms. The van der Waals surface area contributed by atoms with Crippen LogP contribution >= 0.6 is 0 Å². The summed E-state index contributed by atoms with van der Waals surface area (Å²) in [6, 6.07) is 13.9. The van der Waals surface area contributed by atoms with Gasteiger partial charge in [-0.1, -0.05) is 18.2 Å². The lowest BCUT2D eigenvalue weighted by Gasteiger charge is -2.16. The monoisotopic (exact) mass is 346 g/mol. The van der Waals surface area contributed by atoms with E-state index in [9.17, 15) is 9.59 Å². The number of rotatable bonds is 4. The summed E-state index contributed by atoms with van der Waals surface area (Å²) in [6.45, 7) is 3.74. The second-order valence-electron chi connectivity index (χ2n) is 5.77. The van der Waals surface area contributed by atoms with E-state index in [1.165, 1.54) is 0 Å². The summed E-state index contributed by atoms with van der Waals surface area (Å²) in [5.41, 5.74) is 3.57. The van der Waals surface area contributed by atoms with Crippen molar-refractivity contribution < 1.29 is 9.59 Å². The lowest BCUT2D eigenvalue weighted by atomic mass is 10.1. The van der Waals surface area contributed by atoms with E-state index >= 15 is 0 Å². The highest BCUT2D eigenvalue weighted by Crippen LogP contribution is 2.28. The molecule has 2 aromatic heterocycles. The molecule has 0 saturated heterocycles. The Morgan fingerprint density at radius 1 is 0.769 bits per heavy atom. The summed E-state index contributed by atoms with van der Waals surface area (Å²) in [5, 5.41) is 5.72. The molecule has 0 fully saturated rings. The van der Waals surface area contributed by atoms with Gasteiger partial charge >= 0.3 is 0 Å². The Bertz CT molecular complexity index is 941. The van der Waals surface area contributed by atoms with Crippen LogP contribution in [0.15, 0.2) is 60.9 Å². The second-order valence-corrected chi connectivity index (χ2v) is 5.77. The highest BCUT2D eigenvalue weighted by atomic mass is 16.2. The maximum atomic E-state index is 12.4. The van der Waals surface area contributed by atoms with Crippen molar-refractivity contribution in [2.24, 2.45) is 0 Å². The SMILES string of the molecule is Cc1ccc(NC(=O)c2ccccn2)c(C)c1NC(=O)c1ccccn1. The molecule has 2 N–H and O–H groups in total. The Kier molecular flexibility index (Phi) is 5.03. The van der Waals surface area contributed by atoms with Gasteiger partial charge in [-0.25, -0.2) is 0 Å². The minimum atomic E-state index is -0.306. The van der Waals surface area contributed by atoms with Crippen molar-refractivity contribution in [3.8, 4) is 0 Å². The Hall–Kier alpha value is -3.54. The molecule has 0 aliphatic heterocycles. The summed E-state index contributed by atoms with van der Waals surface area (Å²) >= 11 is 0. The standard InChI is InChI=1S/C20H18N4O2/c1-13-9-10-15(23-19(25)16-7-3-5-11-21-16)14(2)18(13)24-20(26)17-8-4-6-12-22-17/h3-12H,1-2H3,(H,23,25)(H,24,26). The maximum Gasteiger partial charge on any atom is 0.274 e. The van der Waals surface area contributed by atoms with Gasteiger partial charge in [0.15, 0.2) is 0 Å². The van der Waals surface area contributed by atoms with Crippen LogP contribution in [0.5, 0.6) is 0 Å². The normalized spacial score (nSPS) is 10.2. The molecule has 0 bridgehead atoms. The Morgan fingerprint density at radius 2 is 1.35 bits per heavy atom. The van der Waals surface area contributed by atoms with Gasteiger partial charge in [0.25, 0.3) is 11.8 Å². The molecule has 3 aromatic rings. The van der Waals surface area contributed by atoms with E-state index in [0.29, 0.717) is 22.8 Å². The minimum Gasteiger partial charge on any atom is -0.320 e. The molecular formula is C20H18N4O2. The molecule has 0 radical (unpaired) electrons. The molecule has 0 spiro atoms. The largest absolute Gasteiger partial charge is 0.320 e. The lowest BCUT2D eigenvalue weighted by molar-refractivity contribution is 0.101. The van der Waals surface area contributed by atoms with Gasteiger partial charge < -0.3 is 10.6 Å². The average molecular weight is 346 g/mol. The number of nitrogens with zero attached hydrogens (tertiary/aromatic N) is 2. The molecule has 1 aromatic carbocycles. The topological polar surface area (TPSA) is 84.0 Å². The first-order chi connectivity index (χ1) is 12.6. The zero-order valence-corrected chi connectivity index (χ0v) is 14.5. The zero-order chi connectivity index (χ0) is 18.5. The van der Waals surface area contributed by atoms with Crippen molar-refractivity contribution in [3.05, 3.63) is 83.4 Å². The highest BCUT2D eigenvalue weighted by molar-refractivity contribution is 6.06. The summed E-state index contributed by atoms with van der Waals surface area (Å²) < 4.78 is 0. The smallest absolute Gasteiger partial charge is 0.274 e. The van der Waals surface area contributed by atoms with Gasteiger partial charge in [-0.2, -0.15) is 0 Å². The van der Waals surface area contributed by atoms with E-state index in [1.54, 1.807) is 48.8 Å². The van der Waals surface area contributed by atoms with Gasteiger partial charge in [0.1, 0.15) is 11.4 Å². The van der Waals surface area contributed by atoms with Crippen molar-refractivity contribution >= 4 is 23.2 Å². The van der Waals surface area contributed by atoms with Gasteiger partial charge in [0, 0.05) is 23.8 Å².